The average molecular weight is 298 g/mol. The molecule has 0 saturated carbocycles. The molecule has 1 atom stereocenters. The van der Waals surface area contributed by atoms with Gasteiger partial charge in [0.05, 0.1) is 0 Å². The first kappa shape index (κ1) is 14.3. The molecule has 0 saturated heterocycles. The number of hydrogen-bond acceptors (Lipinski definition) is 1. The Bertz CT molecular complexity index is 599. The van der Waals surface area contributed by atoms with Crippen molar-refractivity contribution in [2.75, 3.05) is 0 Å². The average Bonchev–Trinajstić information content (AvgIpc) is 2.37. The van der Waals surface area contributed by atoms with Crippen LogP contribution in [0.3, 0.4) is 0 Å². The number of rotatable bonds is 3. The molecule has 19 heavy (non-hydrogen) atoms. The molecule has 0 radical (unpaired) electrons. The van der Waals surface area contributed by atoms with Gasteiger partial charge in [-0.2, -0.15) is 0 Å². The largest absolute Gasteiger partial charge is 0.324 e. The van der Waals surface area contributed by atoms with Crippen LogP contribution in [0.25, 0.3) is 0 Å². The molecular formula is C15H14Cl2FN. The summed E-state index contributed by atoms with van der Waals surface area (Å²) in [6.07, 6.45) is 0.381. The van der Waals surface area contributed by atoms with Crippen LogP contribution in [0.5, 0.6) is 0 Å². The summed E-state index contributed by atoms with van der Waals surface area (Å²) >= 11 is 11.9. The first-order chi connectivity index (χ1) is 8.97. The van der Waals surface area contributed by atoms with E-state index in [1.165, 1.54) is 12.1 Å². The van der Waals surface area contributed by atoms with Gasteiger partial charge in [-0.1, -0.05) is 35.3 Å². The van der Waals surface area contributed by atoms with Crippen LogP contribution >= 0.6 is 23.2 Å². The standard InChI is InChI=1S/C15H14Cl2FN/c1-9-2-3-10(7-13(9)17)15(19)8-11-6-12(16)4-5-14(11)18/h2-7,15H,8,19H2,1H3. The second-order valence-electron chi connectivity index (χ2n) is 4.55. The Kier molecular flexibility index (Phi) is 4.46. The molecule has 0 aliphatic rings. The lowest BCUT2D eigenvalue weighted by Gasteiger charge is -2.14. The molecule has 0 heterocycles. The molecule has 4 heteroatoms. The Morgan fingerprint density at radius 2 is 1.89 bits per heavy atom. The molecule has 2 N–H and O–H groups in total. The quantitative estimate of drug-likeness (QED) is 0.874. The van der Waals surface area contributed by atoms with Crippen LogP contribution in [0, 0.1) is 12.7 Å². The summed E-state index contributed by atoms with van der Waals surface area (Å²) in [5, 5.41) is 1.17. The van der Waals surface area contributed by atoms with Gasteiger partial charge in [-0.05, 0) is 54.3 Å². The maximum Gasteiger partial charge on any atom is 0.126 e. The zero-order valence-electron chi connectivity index (χ0n) is 10.5. The van der Waals surface area contributed by atoms with Crippen molar-refractivity contribution in [3.8, 4) is 0 Å². The van der Waals surface area contributed by atoms with Crippen molar-refractivity contribution in [2.24, 2.45) is 5.73 Å². The summed E-state index contributed by atoms with van der Waals surface area (Å²) in [5.41, 5.74) is 8.48. The van der Waals surface area contributed by atoms with Crippen LogP contribution in [0.2, 0.25) is 10.0 Å². The number of nitrogens with two attached hydrogens (primary N) is 1. The van der Waals surface area contributed by atoms with Crippen molar-refractivity contribution in [3.63, 3.8) is 0 Å². The van der Waals surface area contributed by atoms with Crippen LogP contribution < -0.4 is 5.73 Å². The first-order valence-corrected chi connectivity index (χ1v) is 6.68. The Labute approximate surface area is 122 Å². The summed E-state index contributed by atoms with van der Waals surface area (Å²) in [5.74, 6) is -0.293. The van der Waals surface area contributed by atoms with Gasteiger partial charge in [0.2, 0.25) is 0 Å². The molecule has 1 nitrogen and oxygen atoms in total. The molecule has 0 amide bonds. The molecule has 0 bridgehead atoms. The van der Waals surface area contributed by atoms with Crippen LogP contribution in [-0.4, -0.2) is 0 Å². The van der Waals surface area contributed by atoms with Crippen molar-refractivity contribution >= 4 is 23.2 Å². The lowest BCUT2D eigenvalue weighted by molar-refractivity contribution is 0.593. The maximum absolute atomic E-state index is 13.6. The predicted molar refractivity (Wildman–Crippen MR) is 78.2 cm³/mol. The van der Waals surface area contributed by atoms with Crippen molar-refractivity contribution in [1.29, 1.82) is 0 Å². The number of aryl methyl sites for hydroxylation is 1. The minimum absolute atomic E-state index is 0.293. The molecular weight excluding hydrogens is 284 g/mol. The second kappa shape index (κ2) is 5.91. The molecule has 0 aliphatic heterocycles. The van der Waals surface area contributed by atoms with Crippen molar-refractivity contribution in [3.05, 3.63) is 69.0 Å². The number of hydrogen-bond donors (Lipinski definition) is 1. The van der Waals surface area contributed by atoms with Gasteiger partial charge in [0.25, 0.3) is 0 Å². The fraction of sp³-hybridized carbons (Fsp3) is 0.200. The van der Waals surface area contributed by atoms with E-state index < -0.39 is 0 Å². The fourth-order valence-corrected chi connectivity index (χ4v) is 2.28. The van der Waals surface area contributed by atoms with Crippen LogP contribution in [-0.2, 0) is 6.42 Å². The van der Waals surface area contributed by atoms with Crippen LogP contribution in [0.1, 0.15) is 22.7 Å². The van der Waals surface area contributed by atoms with Gasteiger partial charge in [0, 0.05) is 16.1 Å². The van der Waals surface area contributed by atoms with Gasteiger partial charge in [0.15, 0.2) is 0 Å². The zero-order chi connectivity index (χ0) is 14.0. The summed E-state index contributed by atoms with van der Waals surface area (Å²) in [7, 11) is 0. The number of benzene rings is 2. The monoisotopic (exact) mass is 297 g/mol. The SMILES string of the molecule is Cc1ccc(C(N)Cc2cc(Cl)ccc2F)cc1Cl. The molecule has 2 rings (SSSR count). The van der Waals surface area contributed by atoms with E-state index in [1.54, 1.807) is 6.07 Å². The fourth-order valence-electron chi connectivity index (χ4n) is 1.89. The molecule has 0 aliphatic carbocycles. The highest BCUT2D eigenvalue weighted by Crippen LogP contribution is 2.24. The molecule has 2 aromatic carbocycles. The smallest absolute Gasteiger partial charge is 0.126 e. The van der Waals surface area contributed by atoms with E-state index in [0.29, 0.717) is 22.0 Å². The van der Waals surface area contributed by atoms with E-state index >= 15 is 0 Å². The van der Waals surface area contributed by atoms with Crippen molar-refractivity contribution in [1.82, 2.24) is 0 Å². The van der Waals surface area contributed by atoms with Gasteiger partial charge in [-0.25, -0.2) is 4.39 Å². The second-order valence-corrected chi connectivity index (χ2v) is 5.40. The van der Waals surface area contributed by atoms with E-state index in [4.69, 9.17) is 28.9 Å². The molecule has 2 aromatic rings. The molecule has 100 valence electrons. The third kappa shape index (κ3) is 3.47. The Morgan fingerprint density at radius 3 is 2.58 bits per heavy atom. The van der Waals surface area contributed by atoms with Crippen LogP contribution in [0.4, 0.5) is 4.39 Å². The van der Waals surface area contributed by atoms with Crippen molar-refractivity contribution in [2.45, 2.75) is 19.4 Å². The van der Waals surface area contributed by atoms with Gasteiger partial charge >= 0.3 is 0 Å². The van der Waals surface area contributed by atoms with E-state index in [9.17, 15) is 4.39 Å². The first-order valence-electron chi connectivity index (χ1n) is 5.93. The normalized spacial score (nSPS) is 12.5. The third-order valence-electron chi connectivity index (χ3n) is 3.07. The highest BCUT2D eigenvalue weighted by atomic mass is 35.5. The summed E-state index contributed by atoms with van der Waals surface area (Å²) < 4.78 is 13.6. The zero-order valence-corrected chi connectivity index (χ0v) is 12.0. The van der Waals surface area contributed by atoms with Gasteiger partial charge in [-0.15, -0.1) is 0 Å². The Morgan fingerprint density at radius 1 is 1.16 bits per heavy atom. The van der Waals surface area contributed by atoms with E-state index in [2.05, 4.69) is 0 Å². The molecule has 0 aromatic heterocycles. The van der Waals surface area contributed by atoms with Gasteiger partial charge < -0.3 is 5.73 Å². The lowest BCUT2D eigenvalue weighted by atomic mass is 9.98. The topological polar surface area (TPSA) is 26.0 Å². The lowest BCUT2D eigenvalue weighted by Crippen LogP contribution is -2.14. The minimum Gasteiger partial charge on any atom is -0.324 e. The number of halogens is 3. The Hall–Kier alpha value is -1.09. The van der Waals surface area contributed by atoms with Gasteiger partial charge in [0.1, 0.15) is 5.82 Å². The molecule has 1 unspecified atom stereocenters. The van der Waals surface area contributed by atoms with Gasteiger partial charge in [-0.3, -0.25) is 0 Å². The summed E-state index contributed by atoms with van der Waals surface area (Å²) in [6, 6.07) is 9.81. The minimum atomic E-state index is -0.314. The highest BCUT2D eigenvalue weighted by molar-refractivity contribution is 6.31. The van der Waals surface area contributed by atoms with Crippen molar-refractivity contribution < 1.29 is 4.39 Å². The Balaban J connectivity index is 2.22. The highest BCUT2D eigenvalue weighted by Gasteiger charge is 2.12. The molecule has 0 fully saturated rings. The van der Waals surface area contributed by atoms with E-state index in [1.807, 2.05) is 25.1 Å². The maximum atomic E-state index is 13.6. The summed E-state index contributed by atoms with van der Waals surface area (Å²) in [6.45, 7) is 1.92. The summed E-state index contributed by atoms with van der Waals surface area (Å²) in [4.78, 5) is 0. The van der Waals surface area contributed by atoms with Crippen LogP contribution in [0.15, 0.2) is 36.4 Å². The molecule has 0 spiro atoms. The van der Waals surface area contributed by atoms with E-state index in [-0.39, 0.29) is 11.9 Å². The third-order valence-corrected chi connectivity index (χ3v) is 3.71. The predicted octanol–water partition coefficient (Wildman–Crippen LogP) is 4.68. The van der Waals surface area contributed by atoms with E-state index in [0.717, 1.165) is 11.1 Å².